The maximum atomic E-state index is 12.4. The van der Waals surface area contributed by atoms with Crippen LogP contribution in [-0.4, -0.2) is 48.7 Å². The Morgan fingerprint density at radius 1 is 1.25 bits per heavy atom. The minimum absolute atomic E-state index is 0.296. The molecular weight excluding hydrogens is 364 g/mol. The van der Waals surface area contributed by atoms with Crippen LogP contribution >= 0.6 is 0 Å². The van der Waals surface area contributed by atoms with Gasteiger partial charge in [0.05, 0.1) is 6.61 Å². The van der Waals surface area contributed by atoms with Gasteiger partial charge in [-0.05, 0) is 12.5 Å². The molecule has 1 N–H and O–H groups in total. The number of hydrogen-bond acceptors (Lipinski definition) is 6. The van der Waals surface area contributed by atoms with Crippen molar-refractivity contribution in [3.05, 3.63) is 68.5 Å². The normalized spacial score (nSPS) is 31.8. The van der Waals surface area contributed by atoms with Crippen molar-refractivity contribution >= 4 is 0 Å². The Balaban J connectivity index is 1.78. The number of rotatable bonds is 5. The molecule has 0 aliphatic carbocycles. The van der Waals surface area contributed by atoms with Gasteiger partial charge in [-0.25, -0.2) is 4.79 Å². The third-order valence-electron chi connectivity index (χ3n) is 5.59. The van der Waals surface area contributed by atoms with Crippen LogP contribution in [0.25, 0.3) is 0 Å². The first-order valence-corrected chi connectivity index (χ1v) is 9.23. The predicted octanol–water partition coefficient (Wildman–Crippen LogP) is 1.09. The van der Waals surface area contributed by atoms with Crippen molar-refractivity contribution in [3.63, 3.8) is 0 Å². The summed E-state index contributed by atoms with van der Waals surface area (Å²) in [4.78, 5) is 26.5. The zero-order chi connectivity index (χ0) is 19.9. The van der Waals surface area contributed by atoms with Crippen LogP contribution in [0, 0.1) is 6.92 Å². The number of nitrogens with zero attached hydrogens (tertiary/aromatic N) is 1. The maximum absolute atomic E-state index is 12.4. The highest BCUT2D eigenvalue weighted by molar-refractivity contribution is 5.29. The molecule has 2 aromatic rings. The lowest BCUT2D eigenvalue weighted by molar-refractivity contribution is -0.0961. The number of ether oxygens (including phenoxy) is 4. The number of aromatic nitrogens is 2. The second-order valence-corrected chi connectivity index (χ2v) is 7.26. The molecule has 1 aromatic carbocycles. The number of nitrogens with one attached hydrogen (secondary N) is 1. The highest BCUT2D eigenvalue weighted by Crippen LogP contribution is 2.53. The van der Waals surface area contributed by atoms with E-state index in [0.29, 0.717) is 18.6 Å². The van der Waals surface area contributed by atoms with Gasteiger partial charge in [0.1, 0.15) is 30.1 Å². The summed E-state index contributed by atoms with van der Waals surface area (Å²) in [7, 11) is 3.23. The van der Waals surface area contributed by atoms with E-state index in [1.807, 2.05) is 30.3 Å². The standard InChI is InChI=1S/C20H24N2O6/c1-12-10-22(19(24)21-18(12)23)15-9-20(13-7-5-4-6-8-13)17(27-15)16(26-3)14(28-20)11-25-2/h4-8,10,14-17H,9,11H2,1-3H3,(H,21,23,24)/t14-,15+,16-,17?,20+/m1/s1. The van der Waals surface area contributed by atoms with Gasteiger partial charge in [-0.15, -0.1) is 0 Å². The Morgan fingerprint density at radius 3 is 2.68 bits per heavy atom. The molecule has 2 aliphatic rings. The molecule has 0 amide bonds. The summed E-state index contributed by atoms with van der Waals surface area (Å²) in [6.07, 6.45) is 0.270. The van der Waals surface area contributed by atoms with Gasteiger partial charge >= 0.3 is 5.69 Å². The van der Waals surface area contributed by atoms with Crippen LogP contribution in [0.1, 0.15) is 23.8 Å². The van der Waals surface area contributed by atoms with Crippen LogP contribution in [-0.2, 0) is 24.5 Å². The Bertz CT molecular complexity index is 955. The second-order valence-electron chi connectivity index (χ2n) is 7.26. The Hall–Kier alpha value is -2.26. The Labute approximate surface area is 162 Å². The topological polar surface area (TPSA) is 91.8 Å². The van der Waals surface area contributed by atoms with Crippen LogP contribution in [0.4, 0.5) is 0 Å². The molecule has 1 aromatic heterocycles. The number of H-pyrrole nitrogens is 1. The van der Waals surface area contributed by atoms with Crippen LogP contribution < -0.4 is 11.2 Å². The molecule has 0 saturated carbocycles. The number of benzene rings is 1. The van der Waals surface area contributed by atoms with Gasteiger partial charge in [0, 0.05) is 32.4 Å². The zero-order valence-corrected chi connectivity index (χ0v) is 16.1. The van der Waals surface area contributed by atoms with Gasteiger partial charge in [-0.3, -0.25) is 14.3 Å². The molecule has 150 valence electrons. The second kappa shape index (κ2) is 7.29. The molecule has 2 fully saturated rings. The third kappa shape index (κ3) is 2.93. The van der Waals surface area contributed by atoms with E-state index in [9.17, 15) is 9.59 Å². The van der Waals surface area contributed by atoms with Crippen LogP contribution in [0.5, 0.6) is 0 Å². The van der Waals surface area contributed by atoms with Gasteiger partial charge in [-0.2, -0.15) is 0 Å². The van der Waals surface area contributed by atoms with Crippen molar-refractivity contribution in [3.8, 4) is 0 Å². The fourth-order valence-electron chi connectivity index (χ4n) is 4.30. The summed E-state index contributed by atoms with van der Waals surface area (Å²) >= 11 is 0. The number of aryl methyl sites for hydroxylation is 1. The molecule has 5 atom stereocenters. The van der Waals surface area contributed by atoms with Crippen LogP contribution in [0.3, 0.4) is 0 Å². The minimum Gasteiger partial charge on any atom is -0.382 e. The zero-order valence-electron chi connectivity index (χ0n) is 16.1. The molecule has 2 aliphatic heterocycles. The van der Waals surface area contributed by atoms with Gasteiger partial charge in [0.25, 0.3) is 5.56 Å². The Kier molecular flexibility index (Phi) is 4.96. The molecular formula is C20H24N2O6. The summed E-state index contributed by atoms with van der Waals surface area (Å²) in [6.45, 7) is 2.02. The predicted molar refractivity (Wildman–Crippen MR) is 100 cm³/mol. The molecule has 0 bridgehead atoms. The van der Waals surface area contributed by atoms with Gasteiger partial charge in [0.15, 0.2) is 0 Å². The fourth-order valence-corrected chi connectivity index (χ4v) is 4.30. The van der Waals surface area contributed by atoms with E-state index in [2.05, 4.69) is 4.98 Å². The third-order valence-corrected chi connectivity index (χ3v) is 5.59. The smallest absolute Gasteiger partial charge is 0.330 e. The average molecular weight is 388 g/mol. The van der Waals surface area contributed by atoms with E-state index in [-0.39, 0.29) is 12.2 Å². The summed E-state index contributed by atoms with van der Waals surface area (Å²) in [5.74, 6) is 0. The van der Waals surface area contributed by atoms with E-state index in [4.69, 9.17) is 18.9 Å². The summed E-state index contributed by atoms with van der Waals surface area (Å²) < 4.78 is 25.3. The lowest BCUT2D eigenvalue weighted by atomic mass is 9.86. The first-order valence-electron chi connectivity index (χ1n) is 9.23. The lowest BCUT2D eigenvalue weighted by Crippen LogP contribution is -2.39. The largest absolute Gasteiger partial charge is 0.382 e. The van der Waals surface area contributed by atoms with Crippen LogP contribution in [0.2, 0.25) is 0 Å². The van der Waals surface area contributed by atoms with E-state index in [0.717, 1.165) is 5.56 Å². The summed E-state index contributed by atoms with van der Waals surface area (Å²) in [6, 6.07) is 9.80. The van der Waals surface area contributed by atoms with E-state index in [1.165, 1.54) is 10.8 Å². The SMILES string of the molecule is COC[C@H]1O[C@]2(c3ccccc3)C[C@@H](n3cc(C)c(=O)[nH]c3=O)OC2[C@@H]1OC. The first-order chi connectivity index (χ1) is 13.5. The van der Waals surface area contributed by atoms with Crippen molar-refractivity contribution in [1.29, 1.82) is 0 Å². The maximum Gasteiger partial charge on any atom is 0.330 e. The molecule has 3 heterocycles. The lowest BCUT2D eigenvalue weighted by Gasteiger charge is -2.28. The summed E-state index contributed by atoms with van der Waals surface area (Å²) in [5, 5.41) is 0. The van der Waals surface area contributed by atoms with Gasteiger partial charge in [-0.1, -0.05) is 30.3 Å². The van der Waals surface area contributed by atoms with Crippen molar-refractivity contribution in [2.45, 2.75) is 43.5 Å². The summed E-state index contributed by atoms with van der Waals surface area (Å²) in [5.41, 5.74) is -0.290. The van der Waals surface area contributed by atoms with Crippen molar-refractivity contribution < 1.29 is 18.9 Å². The molecule has 1 unspecified atom stereocenters. The fraction of sp³-hybridized carbons (Fsp3) is 0.500. The van der Waals surface area contributed by atoms with Crippen molar-refractivity contribution in [2.75, 3.05) is 20.8 Å². The van der Waals surface area contributed by atoms with E-state index in [1.54, 1.807) is 21.1 Å². The minimum atomic E-state index is -0.778. The highest BCUT2D eigenvalue weighted by atomic mass is 16.6. The molecule has 8 nitrogen and oxygen atoms in total. The van der Waals surface area contributed by atoms with Gasteiger partial charge < -0.3 is 18.9 Å². The first kappa shape index (κ1) is 19.1. The molecule has 2 saturated heterocycles. The van der Waals surface area contributed by atoms with Gasteiger partial charge in [0.2, 0.25) is 0 Å². The highest BCUT2D eigenvalue weighted by Gasteiger charge is 2.62. The number of hydrogen-bond donors (Lipinski definition) is 1. The molecule has 0 spiro atoms. The molecule has 28 heavy (non-hydrogen) atoms. The molecule has 8 heteroatoms. The van der Waals surface area contributed by atoms with E-state index >= 15 is 0 Å². The van der Waals surface area contributed by atoms with Crippen molar-refractivity contribution in [1.82, 2.24) is 9.55 Å². The number of fused-ring (bicyclic) bond motifs is 1. The average Bonchev–Trinajstić information content (AvgIpc) is 3.19. The van der Waals surface area contributed by atoms with Crippen LogP contribution in [0.15, 0.2) is 46.1 Å². The van der Waals surface area contributed by atoms with E-state index < -0.39 is 29.2 Å². The number of aromatic amines is 1. The Morgan fingerprint density at radius 2 is 2.00 bits per heavy atom. The molecule has 0 radical (unpaired) electrons. The number of methoxy groups -OCH3 is 2. The monoisotopic (exact) mass is 388 g/mol. The quantitative estimate of drug-likeness (QED) is 0.824. The van der Waals surface area contributed by atoms with Crippen molar-refractivity contribution in [2.24, 2.45) is 0 Å². The molecule has 4 rings (SSSR count).